The molecular weight excluding hydrogens is 258 g/mol. The Balaban J connectivity index is 2.08. The predicted octanol–water partition coefficient (Wildman–Crippen LogP) is 2.91. The van der Waals surface area contributed by atoms with E-state index in [4.69, 9.17) is 22.6 Å². The van der Waals surface area contributed by atoms with Crippen LogP contribution in [-0.2, 0) is 6.54 Å². The first-order valence-electron chi connectivity index (χ1n) is 6.87. The summed E-state index contributed by atoms with van der Waals surface area (Å²) in [6.07, 6.45) is 4.82. The quantitative estimate of drug-likeness (QED) is 0.921. The third-order valence-electron chi connectivity index (χ3n) is 3.80. The highest BCUT2D eigenvalue weighted by Crippen LogP contribution is 2.25. The van der Waals surface area contributed by atoms with Crippen molar-refractivity contribution in [3.05, 3.63) is 34.3 Å². The van der Waals surface area contributed by atoms with Crippen LogP contribution in [0, 0.1) is 11.3 Å². The van der Waals surface area contributed by atoms with Gasteiger partial charge in [0.2, 0.25) is 0 Å². The molecule has 0 amide bonds. The summed E-state index contributed by atoms with van der Waals surface area (Å²) in [5.74, 6) is 0. The fraction of sp³-hybridized carbons (Fsp3) is 0.533. The van der Waals surface area contributed by atoms with Crippen molar-refractivity contribution in [3.8, 4) is 6.07 Å². The highest BCUT2D eigenvalue weighted by Gasteiger charge is 2.22. The number of nitriles is 1. The molecule has 0 aliphatic carbocycles. The van der Waals surface area contributed by atoms with E-state index in [0.717, 1.165) is 31.6 Å². The minimum absolute atomic E-state index is 0.575. The van der Waals surface area contributed by atoms with Crippen LogP contribution in [0.3, 0.4) is 0 Å². The van der Waals surface area contributed by atoms with Gasteiger partial charge >= 0.3 is 0 Å². The molecule has 0 aromatic heterocycles. The maximum atomic E-state index is 8.85. The lowest BCUT2D eigenvalue weighted by Crippen LogP contribution is -2.40. The van der Waals surface area contributed by atoms with Crippen molar-refractivity contribution in [1.29, 1.82) is 5.26 Å². The fourth-order valence-corrected chi connectivity index (χ4v) is 2.99. The van der Waals surface area contributed by atoms with Gasteiger partial charge in [-0.2, -0.15) is 5.26 Å². The van der Waals surface area contributed by atoms with E-state index in [1.807, 2.05) is 12.1 Å². The zero-order chi connectivity index (χ0) is 13.7. The Morgan fingerprint density at radius 3 is 2.95 bits per heavy atom. The van der Waals surface area contributed by atoms with Crippen LogP contribution in [0.2, 0.25) is 5.02 Å². The monoisotopic (exact) mass is 277 g/mol. The van der Waals surface area contributed by atoms with E-state index >= 15 is 0 Å². The van der Waals surface area contributed by atoms with E-state index in [0.29, 0.717) is 16.6 Å². The molecule has 19 heavy (non-hydrogen) atoms. The Labute approximate surface area is 120 Å². The van der Waals surface area contributed by atoms with Crippen LogP contribution in [-0.4, -0.2) is 24.0 Å². The Morgan fingerprint density at radius 2 is 2.26 bits per heavy atom. The van der Waals surface area contributed by atoms with E-state index in [9.17, 15) is 0 Å². The smallest absolute Gasteiger partial charge is 0.0992 e. The largest absolute Gasteiger partial charge is 0.330 e. The minimum atomic E-state index is 0.575. The second kappa shape index (κ2) is 6.91. The maximum absolute atomic E-state index is 8.85. The Bertz CT molecular complexity index is 465. The van der Waals surface area contributed by atoms with Crippen LogP contribution >= 0.6 is 11.6 Å². The molecule has 0 bridgehead atoms. The summed E-state index contributed by atoms with van der Waals surface area (Å²) in [6.45, 7) is 2.71. The van der Waals surface area contributed by atoms with Crippen LogP contribution in [0.4, 0.5) is 0 Å². The summed E-state index contributed by atoms with van der Waals surface area (Å²) in [4.78, 5) is 2.48. The highest BCUT2D eigenvalue weighted by molar-refractivity contribution is 6.31. The molecule has 1 aromatic rings. The van der Waals surface area contributed by atoms with Crippen molar-refractivity contribution in [1.82, 2.24) is 4.90 Å². The second-order valence-corrected chi connectivity index (χ2v) is 5.52. The third kappa shape index (κ3) is 3.70. The molecule has 1 heterocycles. The average molecular weight is 278 g/mol. The summed E-state index contributed by atoms with van der Waals surface area (Å²) >= 11 is 6.25. The number of halogens is 1. The van der Waals surface area contributed by atoms with Crippen LogP contribution in [0.25, 0.3) is 0 Å². The summed E-state index contributed by atoms with van der Waals surface area (Å²) in [5.41, 5.74) is 7.41. The summed E-state index contributed by atoms with van der Waals surface area (Å²) in [7, 11) is 0. The molecule has 2 N–H and O–H groups in total. The molecule has 0 saturated carbocycles. The molecule has 1 aliphatic heterocycles. The lowest BCUT2D eigenvalue weighted by atomic mass is 9.98. The summed E-state index contributed by atoms with van der Waals surface area (Å²) in [5, 5.41) is 9.54. The third-order valence-corrected chi connectivity index (χ3v) is 4.16. The van der Waals surface area contributed by atoms with Gasteiger partial charge in [-0.05, 0) is 50.0 Å². The predicted molar refractivity (Wildman–Crippen MR) is 77.9 cm³/mol. The molecule has 1 unspecified atom stereocenters. The molecule has 1 aliphatic rings. The maximum Gasteiger partial charge on any atom is 0.0992 e. The van der Waals surface area contributed by atoms with Crippen LogP contribution in [0.15, 0.2) is 18.2 Å². The van der Waals surface area contributed by atoms with Crippen molar-refractivity contribution in [2.45, 2.75) is 38.3 Å². The minimum Gasteiger partial charge on any atom is -0.330 e. The van der Waals surface area contributed by atoms with Gasteiger partial charge in [0.15, 0.2) is 0 Å². The number of nitrogens with two attached hydrogens (primary N) is 1. The fourth-order valence-electron chi connectivity index (χ4n) is 2.75. The summed E-state index contributed by atoms with van der Waals surface area (Å²) < 4.78 is 0. The Hall–Kier alpha value is -1.08. The Morgan fingerprint density at radius 1 is 1.42 bits per heavy atom. The van der Waals surface area contributed by atoms with Gasteiger partial charge in [-0.3, -0.25) is 4.90 Å². The molecule has 102 valence electrons. The molecule has 3 nitrogen and oxygen atoms in total. The van der Waals surface area contributed by atoms with E-state index in [1.54, 1.807) is 6.07 Å². The first-order chi connectivity index (χ1) is 9.24. The summed E-state index contributed by atoms with van der Waals surface area (Å²) in [6, 6.07) is 8.24. The van der Waals surface area contributed by atoms with Crippen molar-refractivity contribution in [2.24, 2.45) is 5.73 Å². The van der Waals surface area contributed by atoms with E-state index < -0.39 is 0 Å². The van der Waals surface area contributed by atoms with Gasteiger partial charge in [-0.1, -0.05) is 24.1 Å². The number of hydrogen-bond donors (Lipinski definition) is 1. The van der Waals surface area contributed by atoms with Gasteiger partial charge < -0.3 is 5.73 Å². The molecule has 2 rings (SSSR count). The van der Waals surface area contributed by atoms with Crippen molar-refractivity contribution in [3.63, 3.8) is 0 Å². The van der Waals surface area contributed by atoms with Gasteiger partial charge in [0, 0.05) is 17.6 Å². The molecular formula is C15H20ClN3. The van der Waals surface area contributed by atoms with Crippen LogP contribution in [0.1, 0.15) is 36.8 Å². The topological polar surface area (TPSA) is 53.0 Å². The number of rotatable bonds is 4. The number of likely N-dealkylation sites (tertiary alicyclic amines) is 1. The number of piperidine rings is 1. The highest BCUT2D eigenvalue weighted by atomic mass is 35.5. The van der Waals surface area contributed by atoms with Gasteiger partial charge in [0.1, 0.15) is 0 Å². The molecule has 1 fully saturated rings. The Kier molecular flexibility index (Phi) is 5.21. The number of benzene rings is 1. The van der Waals surface area contributed by atoms with E-state index in [-0.39, 0.29) is 0 Å². The van der Waals surface area contributed by atoms with Gasteiger partial charge in [0.05, 0.1) is 11.6 Å². The first kappa shape index (κ1) is 14.3. The second-order valence-electron chi connectivity index (χ2n) is 5.12. The molecule has 4 heteroatoms. The first-order valence-corrected chi connectivity index (χ1v) is 7.25. The van der Waals surface area contributed by atoms with E-state index in [2.05, 4.69) is 11.0 Å². The molecule has 0 spiro atoms. The standard InChI is InChI=1S/C15H20ClN3/c16-15-9-12(10-18)4-5-13(15)11-19-8-2-1-3-14(19)6-7-17/h4-5,9,14H,1-3,6-8,11,17H2. The van der Waals surface area contributed by atoms with Crippen LogP contribution in [0.5, 0.6) is 0 Å². The SMILES string of the molecule is N#Cc1ccc(CN2CCCCC2CCN)c(Cl)c1. The van der Waals surface area contributed by atoms with Crippen LogP contribution < -0.4 is 5.73 Å². The lowest BCUT2D eigenvalue weighted by molar-refractivity contribution is 0.134. The zero-order valence-electron chi connectivity index (χ0n) is 11.1. The van der Waals surface area contributed by atoms with E-state index in [1.165, 1.54) is 19.3 Å². The van der Waals surface area contributed by atoms with Crippen molar-refractivity contribution < 1.29 is 0 Å². The normalized spacial score (nSPS) is 20.2. The van der Waals surface area contributed by atoms with Gasteiger partial charge in [0.25, 0.3) is 0 Å². The van der Waals surface area contributed by atoms with Gasteiger partial charge in [-0.15, -0.1) is 0 Å². The molecule has 1 atom stereocenters. The average Bonchev–Trinajstić information content (AvgIpc) is 2.43. The molecule has 1 aromatic carbocycles. The molecule has 1 saturated heterocycles. The zero-order valence-corrected chi connectivity index (χ0v) is 11.9. The van der Waals surface area contributed by atoms with Crippen molar-refractivity contribution in [2.75, 3.05) is 13.1 Å². The molecule has 0 radical (unpaired) electrons. The lowest BCUT2D eigenvalue weighted by Gasteiger charge is -2.35. The number of hydrogen-bond acceptors (Lipinski definition) is 3. The van der Waals surface area contributed by atoms with Gasteiger partial charge in [-0.25, -0.2) is 0 Å². The number of nitrogens with zero attached hydrogens (tertiary/aromatic N) is 2. The van der Waals surface area contributed by atoms with Crippen molar-refractivity contribution >= 4 is 11.6 Å².